The number of para-hydroxylation sites is 1. The number of thioether (sulfide) groups is 1. The van der Waals surface area contributed by atoms with Crippen LogP contribution in [0.1, 0.15) is 0 Å². The van der Waals surface area contributed by atoms with E-state index in [0.717, 1.165) is 0 Å². The number of halogens is 2. The van der Waals surface area contributed by atoms with Crippen LogP contribution in [-0.2, 0) is 17.1 Å². The molecule has 0 radical (unpaired) electrons. The van der Waals surface area contributed by atoms with Crippen molar-refractivity contribution in [1.82, 2.24) is 9.78 Å². The van der Waals surface area contributed by atoms with E-state index in [9.17, 15) is 17.2 Å². The van der Waals surface area contributed by atoms with Gasteiger partial charge in [-0.15, -0.1) is 0 Å². The molecule has 0 fully saturated rings. The molecule has 0 aliphatic carbocycles. The lowest BCUT2D eigenvalue weighted by atomic mass is 10.3. The fourth-order valence-electron chi connectivity index (χ4n) is 1.64. The highest BCUT2D eigenvalue weighted by Crippen LogP contribution is 2.33. The molecular formula is C11H12F2N4O2S2. The quantitative estimate of drug-likeness (QED) is 0.818. The Morgan fingerprint density at radius 2 is 2.05 bits per heavy atom. The van der Waals surface area contributed by atoms with Crippen LogP contribution in [-0.4, -0.2) is 24.0 Å². The largest absolute Gasteiger partial charge is 0.381 e. The maximum absolute atomic E-state index is 12.5. The van der Waals surface area contributed by atoms with Crippen molar-refractivity contribution in [2.45, 2.75) is 15.5 Å². The van der Waals surface area contributed by atoms with Gasteiger partial charge in [-0.05, 0) is 12.1 Å². The average molecular weight is 334 g/mol. The highest BCUT2D eigenvalue weighted by atomic mass is 32.2. The topological polar surface area (TPSA) is 90.0 Å². The van der Waals surface area contributed by atoms with Crippen molar-refractivity contribution in [2.75, 3.05) is 10.5 Å². The normalized spacial score (nSPS) is 11.8. The van der Waals surface area contributed by atoms with Crippen molar-refractivity contribution >= 4 is 33.3 Å². The maximum Gasteiger partial charge on any atom is 0.288 e. The molecule has 0 atom stereocenters. The minimum absolute atomic E-state index is 0.0612. The molecule has 0 saturated heterocycles. The number of nitrogens with two attached hydrogens (primary N) is 1. The monoisotopic (exact) mass is 334 g/mol. The minimum Gasteiger partial charge on any atom is -0.381 e. The summed E-state index contributed by atoms with van der Waals surface area (Å²) in [5.41, 5.74) is 5.58. The lowest BCUT2D eigenvalue weighted by Crippen LogP contribution is -2.14. The summed E-state index contributed by atoms with van der Waals surface area (Å²) in [6, 6.07) is 5.89. The van der Waals surface area contributed by atoms with Gasteiger partial charge < -0.3 is 5.73 Å². The summed E-state index contributed by atoms with van der Waals surface area (Å²) < 4.78 is 52.9. The SMILES string of the molecule is Cn1cc(S(=O)(=O)Nc2ccccc2SC(F)F)c(N)n1. The van der Waals surface area contributed by atoms with Gasteiger partial charge in [-0.2, -0.15) is 13.9 Å². The number of rotatable bonds is 5. The van der Waals surface area contributed by atoms with Crippen molar-refractivity contribution in [2.24, 2.45) is 7.05 Å². The van der Waals surface area contributed by atoms with Crippen LogP contribution in [0.25, 0.3) is 0 Å². The molecule has 0 amide bonds. The first-order valence-corrected chi connectivity index (χ1v) is 8.01. The summed E-state index contributed by atoms with van der Waals surface area (Å²) in [4.78, 5) is -0.0830. The number of anilines is 2. The van der Waals surface area contributed by atoms with Crippen LogP contribution in [0.15, 0.2) is 40.3 Å². The second-order valence-electron chi connectivity index (χ2n) is 4.03. The van der Waals surface area contributed by atoms with Crippen LogP contribution in [0, 0.1) is 0 Å². The molecule has 6 nitrogen and oxygen atoms in total. The maximum atomic E-state index is 12.5. The average Bonchev–Trinajstić information content (AvgIpc) is 2.71. The number of hydrogen-bond donors (Lipinski definition) is 2. The summed E-state index contributed by atoms with van der Waals surface area (Å²) in [7, 11) is -2.47. The predicted molar refractivity (Wildman–Crippen MR) is 76.7 cm³/mol. The van der Waals surface area contributed by atoms with Gasteiger partial charge in [0.25, 0.3) is 15.8 Å². The molecule has 1 aromatic carbocycles. The van der Waals surface area contributed by atoms with Crippen molar-refractivity contribution < 1.29 is 17.2 Å². The first kappa shape index (κ1) is 15.6. The zero-order valence-electron chi connectivity index (χ0n) is 10.8. The van der Waals surface area contributed by atoms with Crippen LogP contribution < -0.4 is 10.5 Å². The van der Waals surface area contributed by atoms with E-state index in [0.29, 0.717) is 0 Å². The second kappa shape index (κ2) is 5.90. The lowest BCUT2D eigenvalue weighted by molar-refractivity contribution is 0.252. The van der Waals surface area contributed by atoms with Crippen LogP contribution in [0.3, 0.4) is 0 Å². The molecule has 21 heavy (non-hydrogen) atoms. The van der Waals surface area contributed by atoms with Gasteiger partial charge in [0.15, 0.2) is 5.82 Å². The van der Waals surface area contributed by atoms with E-state index in [1.165, 1.54) is 30.1 Å². The van der Waals surface area contributed by atoms with Crippen LogP contribution in [0.5, 0.6) is 0 Å². The molecule has 0 saturated carbocycles. The molecule has 0 aliphatic heterocycles. The molecule has 114 valence electrons. The number of aromatic nitrogens is 2. The van der Waals surface area contributed by atoms with Crippen LogP contribution in [0.4, 0.5) is 20.3 Å². The Hall–Kier alpha value is -1.81. The Morgan fingerprint density at radius 1 is 1.38 bits per heavy atom. The van der Waals surface area contributed by atoms with E-state index in [1.807, 2.05) is 0 Å². The third kappa shape index (κ3) is 3.64. The van der Waals surface area contributed by atoms with E-state index < -0.39 is 15.8 Å². The van der Waals surface area contributed by atoms with Crippen molar-refractivity contribution in [3.8, 4) is 0 Å². The summed E-state index contributed by atoms with van der Waals surface area (Å²) in [6.07, 6.45) is 1.24. The third-order valence-corrected chi connectivity index (χ3v) is 4.63. The van der Waals surface area contributed by atoms with Gasteiger partial charge in [0.05, 0.1) is 5.69 Å². The molecule has 0 unspecified atom stereocenters. The third-order valence-electron chi connectivity index (χ3n) is 2.46. The zero-order valence-corrected chi connectivity index (χ0v) is 12.5. The Bertz CT molecular complexity index is 746. The standard InChI is InChI=1S/C11H12F2N4O2S2/c1-17-6-9(10(14)15-17)21(18,19)16-7-4-2-3-5-8(7)20-11(12)13/h2-6,11,16H,1H3,(H2,14,15). The Morgan fingerprint density at radius 3 is 2.62 bits per heavy atom. The fraction of sp³-hybridized carbons (Fsp3) is 0.182. The van der Waals surface area contributed by atoms with Crippen LogP contribution in [0.2, 0.25) is 0 Å². The molecule has 1 aromatic heterocycles. The van der Waals surface area contributed by atoms with E-state index in [2.05, 4.69) is 9.82 Å². The van der Waals surface area contributed by atoms with E-state index in [4.69, 9.17) is 5.73 Å². The van der Waals surface area contributed by atoms with Crippen molar-refractivity contribution in [1.29, 1.82) is 0 Å². The number of sulfonamides is 1. The van der Waals surface area contributed by atoms with Gasteiger partial charge in [-0.25, -0.2) is 8.42 Å². The summed E-state index contributed by atoms with van der Waals surface area (Å²) in [5, 5.41) is 3.74. The molecule has 3 N–H and O–H groups in total. The Balaban J connectivity index is 2.35. The smallest absolute Gasteiger partial charge is 0.288 e. The number of alkyl halides is 2. The number of nitrogens with one attached hydrogen (secondary N) is 1. The molecule has 2 aromatic rings. The van der Waals surface area contributed by atoms with Gasteiger partial charge in [0.1, 0.15) is 4.90 Å². The molecule has 2 rings (SSSR count). The molecule has 0 spiro atoms. The molecule has 10 heteroatoms. The summed E-state index contributed by atoms with van der Waals surface area (Å²) in [6.45, 7) is 0. The van der Waals surface area contributed by atoms with Gasteiger partial charge in [-0.3, -0.25) is 9.40 Å². The Labute approximate surface area is 124 Å². The number of nitrogen functional groups attached to an aromatic ring is 1. The lowest BCUT2D eigenvalue weighted by Gasteiger charge is -2.11. The number of nitrogens with zero attached hydrogens (tertiary/aromatic N) is 2. The molecular weight excluding hydrogens is 322 g/mol. The first-order valence-electron chi connectivity index (χ1n) is 5.65. The fourth-order valence-corrected chi connectivity index (χ4v) is 3.49. The first-order chi connectivity index (χ1) is 9.79. The van der Waals surface area contributed by atoms with Gasteiger partial charge in [-0.1, -0.05) is 23.9 Å². The predicted octanol–water partition coefficient (Wildman–Crippen LogP) is 2.12. The Kier molecular flexibility index (Phi) is 4.37. The number of aryl methyl sites for hydroxylation is 1. The minimum atomic E-state index is -4.00. The summed E-state index contributed by atoms with van der Waals surface area (Å²) in [5.74, 6) is -2.82. The highest BCUT2D eigenvalue weighted by Gasteiger charge is 2.22. The summed E-state index contributed by atoms with van der Waals surface area (Å²) >= 11 is 0.258. The molecule has 0 aliphatic rings. The molecule has 0 bridgehead atoms. The second-order valence-corrected chi connectivity index (χ2v) is 6.72. The zero-order chi connectivity index (χ0) is 15.6. The van der Waals surface area contributed by atoms with Crippen LogP contribution >= 0.6 is 11.8 Å². The van der Waals surface area contributed by atoms with Crippen molar-refractivity contribution in [3.63, 3.8) is 0 Å². The van der Waals surface area contributed by atoms with E-state index in [-0.39, 0.29) is 33.1 Å². The van der Waals surface area contributed by atoms with Gasteiger partial charge >= 0.3 is 0 Å². The molecule has 1 heterocycles. The van der Waals surface area contributed by atoms with E-state index >= 15 is 0 Å². The number of hydrogen-bond acceptors (Lipinski definition) is 5. The van der Waals surface area contributed by atoms with Gasteiger partial charge in [0.2, 0.25) is 0 Å². The number of benzene rings is 1. The van der Waals surface area contributed by atoms with Gasteiger partial charge in [0, 0.05) is 18.1 Å². The van der Waals surface area contributed by atoms with Crippen molar-refractivity contribution in [3.05, 3.63) is 30.5 Å². The van der Waals surface area contributed by atoms with E-state index in [1.54, 1.807) is 12.1 Å². The highest BCUT2D eigenvalue weighted by molar-refractivity contribution is 7.99.